The average Bonchev–Trinajstić information content (AvgIpc) is 1.56. The highest BCUT2D eigenvalue weighted by Crippen LogP contribution is 2.48. The SMILES string of the molecule is CC(C)Oc1ccc(S(=O)(=O)c2ccc(C(C)C)cc2)c(S(=O)(=O)c2ccccn2)c1.CC(C)c1ccc(Cc2ccc(OC(F)(F)F)cc2S(=O)(=O)c2ccccc2F)cc1.CC(C)c1ccc(S(=O)(=O)C2=Cc3ccccc3C2S(=O)(=O)c2ccccc2F)cc1.CC(C)c1ccc(S(=O)(=O)c2c(S(=O)(=O)c3ccccn3)c3ccccc3n2C)cc1. The fourth-order valence-corrected chi connectivity index (χ4v) is 26.1. The zero-order chi connectivity index (χ0) is 90.4. The minimum Gasteiger partial charge on any atom is -0.491 e. The number of hydrogen-bond donors (Lipinski definition) is 0. The van der Waals surface area contributed by atoms with E-state index in [1.807, 2.05) is 79.7 Å². The van der Waals surface area contributed by atoms with E-state index in [2.05, 4.69) is 14.7 Å². The number of fused-ring (bicyclic) bond motifs is 2. The van der Waals surface area contributed by atoms with Gasteiger partial charge in [0.1, 0.15) is 43.1 Å². The van der Waals surface area contributed by atoms with Crippen LogP contribution in [0.1, 0.15) is 143 Å². The van der Waals surface area contributed by atoms with E-state index in [1.165, 1.54) is 126 Å². The molecule has 1 unspecified atom stereocenters. The number of hydrogen-bond acceptors (Lipinski definition) is 18. The summed E-state index contributed by atoms with van der Waals surface area (Å²) in [6.45, 7) is 19.7. The molecule has 0 spiro atoms. The van der Waals surface area contributed by atoms with Crippen molar-refractivity contribution in [1.82, 2.24) is 14.5 Å². The molecule has 0 aliphatic heterocycles. The van der Waals surface area contributed by atoms with E-state index in [9.17, 15) is 80.9 Å². The van der Waals surface area contributed by atoms with Gasteiger partial charge in [0.05, 0.1) is 45.9 Å². The van der Waals surface area contributed by atoms with Gasteiger partial charge in [0.25, 0.3) is 0 Å². The predicted molar refractivity (Wildman–Crippen MR) is 463 cm³/mol. The topological polar surface area (TPSA) is 288 Å². The van der Waals surface area contributed by atoms with E-state index in [0.717, 1.165) is 64.2 Å². The second-order valence-corrected chi connectivity index (χ2v) is 43.7. The highest BCUT2D eigenvalue weighted by molar-refractivity contribution is 7.98. The first-order valence-corrected chi connectivity index (χ1v) is 49.3. The van der Waals surface area contributed by atoms with Crippen LogP contribution >= 0.6 is 0 Å². The van der Waals surface area contributed by atoms with Gasteiger partial charge < -0.3 is 14.0 Å². The van der Waals surface area contributed by atoms with Crippen LogP contribution in [0.5, 0.6) is 11.5 Å². The van der Waals surface area contributed by atoms with Crippen molar-refractivity contribution in [3.05, 3.63) is 340 Å². The third kappa shape index (κ3) is 20.4. The fraction of sp³-hybridized carbons (Fsp3) is 0.204. The van der Waals surface area contributed by atoms with Crippen molar-refractivity contribution < 1.29 is 90.4 Å². The number of nitrogens with zero attached hydrogens (tertiary/aromatic N) is 3. The molecule has 1 aliphatic carbocycles. The van der Waals surface area contributed by atoms with E-state index in [1.54, 1.807) is 124 Å². The Balaban J connectivity index is 0.000000161. The quantitative estimate of drug-likeness (QED) is 0.0538. The third-order valence-electron chi connectivity index (χ3n) is 20.1. The summed E-state index contributed by atoms with van der Waals surface area (Å²) in [5, 5.41) is -1.87. The van der Waals surface area contributed by atoms with Gasteiger partial charge in [-0.25, -0.2) is 77.7 Å². The smallest absolute Gasteiger partial charge is 0.491 e. The summed E-state index contributed by atoms with van der Waals surface area (Å²) in [6.07, 6.45) is -0.974. The first-order valence-electron chi connectivity index (χ1n) is 38.8. The van der Waals surface area contributed by atoms with E-state index >= 15 is 0 Å². The predicted octanol–water partition coefficient (Wildman–Crippen LogP) is 20.6. The Kier molecular flexibility index (Phi) is 28.3. The van der Waals surface area contributed by atoms with Gasteiger partial charge in [-0.05, 0) is 210 Å². The van der Waals surface area contributed by atoms with E-state index in [0.29, 0.717) is 27.9 Å². The van der Waals surface area contributed by atoms with Crippen molar-refractivity contribution in [2.24, 2.45) is 7.05 Å². The second-order valence-electron chi connectivity index (χ2n) is 30.4. The van der Waals surface area contributed by atoms with Crippen molar-refractivity contribution in [1.29, 1.82) is 0 Å². The molecular formula is C93H88F5N3O16S7. The number of alkyl halides is 3. The molecule has 124 heavy (non-hydrogen) atoms. The summed E-state index contributed by atoms with van der Waals surface area (Å²) in [5.74, 6) is -1.31. The number of para-hydroxylation sites is 1. The number of halogens is 5. The molecule has 13 aromatic rings. The average molecular weight is 1820 g/mol. The standard InChI is InChI=1S/C24H21FO4S2.C23H20F4O3S.C23H22N2O4S2.C23H25NO5S2/c1-16(2)17-11-13-19(14-12-17)30(26,27)23-15-18-7-3-4-8-20(18)24(23)31(28,29)22-10-6-5-9-21(22)25;1-15(2)17-9-7-16(8-10-17)13-18-11-12-19(30-23(25,26)27)14-22(18)31(28,29)21-6-4-3-5-20(21)24;1-16(2)17-11-13-18(14-12-17)30(26,27)23-22(19-8-4-5-9-20(19)25(23)3)31(28,29)21-10-6-7-15-24-21;1-16(2)18-8-11-20(12-9-18)30(25,26)21-13-10-19(29-17(3)4)15-22(21)31(27,28)23-7-5-6-14-24-23/h3-16,24H,1-2H3;3-12,14-15H,13H2,1-2H3;4-16H,1-3H3;5-17H,1-4H3. The molecule has 10 aromatic carbocycles. The van der Waals surface area contributed by atoms with Crippen molar-refractivity contribution in [3.63, 3.8) is 0 Å². The van der Waals surface area contributed by atoms with Crippen LogP contribution in [0.3, 0.4) is 0 Å². The lowest BCUT2D eigenvalue weighted by Crippen LogP contribution is -2.20. The molecule has 0 fully saturated rings. The van der Waals surface area contributed by atoms with Gasteiger partial charge >= 0.3 is 6.36 Å². The molecule has 14 rings (SSSR count). The number of aromatic nitrogens is 3. The van der Waals surface area contributed by atoms with Gasteiger partial charge in [-0.1, -0.05) is 201 Å². The van der Waals surface area contributed by atoms with Crippen LogP contribution in [-0.2, 0) is 82.3 Å². The number of sulfone groups is 7. The summed E-state index contributed by atoms with van der Waals surface area (Å²) in [7, 11) is -28.0. The Labute approximate surface area is 720 Å². The monoisotopic (exact) mass is 1820 g/mol. The maximum atomic E-state index is 14.4. The number of benzene rings is 10. The molecule has 1 atom stereocenters. The number of rotatable bonds is 23. The van der Waals surface area contributed by atoms with Gasteiger partial charge in [-0.3, -0.25) is 0 Å². The summed E-state index contributed by atoms with van der Waals surface area (Å²) >= 11 is 0. The molecule has 19 nitrogen and oxygen atoms in total. The highest BCUT2D eigenvalue weighted by Gasteiger charge is 2.45. The van der Waals surface area contributed by atoms with Gasteiger partial charge in [0.15, 0.2) is 24.9 Å². The lowest BCUT2D eigenvalue weighted by atomic mass is 9.99. The molecule has 3 aromatic heterocycles. The van der Waals surface area contributed by atoms with Crippen molar-refractivity contribution in [2.75, 3.05) is 0 Å². The van der Waals surface area contributed by atoms with Crippen LogP contribution in [0.15, 0.2) is 343 Å². The van der Waals surface area contributed by atoms with Gasteiger partial charge in [0, 0.05) is 30.9 Å². The van der Waals surface area contributed by atoms with Gasteiger partial charge in [-0.2, -0.15) is 0 Å². The zero-order valence-electron chi connectivity index (χ0n) is 68.9. The van der Waals surface area contributed by atoms with Crippen LogP contribution in [-0.4, -0.2) is 85.9 Å². The molecule has 1 aliphatic rings. The van der Waals surface area contributed by atoms with Crippen LogP contribution in [0.4, 0.5) is 22.0 Å². The molecular weight excluding hydrogens is 1730 g/mol. The summed E-state index contributed by atoms with van der Waals surface area (Å²) < 4.78 is 266. The van der Waals surface area contributed by atoms with Crippen LogP contribution in [0, 0.1) is 11.6 Å². The summed E-state index contributed by atoms with van der Waals surface area (Å²) in [4.78, 5) is 5.19. The lowest BCUT2D eigenvalue weighted by molar-refractivity contribution is -0.274. The van der Waals surface area contributed by atoms with Crippen molar-refractivity contribution >= 4 is 85.8 Å². The largest absolute Gasteiger partial charge is 0.573 e. The highest BCUT2D eigenvalue weighted by atomic mass is 32.2. The lowest BCUT2D eigenvalue weighted by Gasteiger charge is -2.19. The number of ether oxygens (including phenoxy) is 2. The zero-order valence-corrected chi connectivity index (χ0v) is 74.6. The van der Waals surface area contributed by atoms with E-state index in [-0.39, 0.29) is 90.9 Å². The first kappa shape index (κ1) is 93.4. The fourth-order valence-electron chi connectivity index (χ4n) is 13.6. The molecule has 0 saturated heterocycles. The molecule has 648 valence electrons. The molecule has 0 amide bonds. The van der Waals surface area contributed by atoms with Crippen LogP contribution in [0.2, 0.25) is 0 Å². The number of pyridine rings is 2. The minimum absolute atomic E-state index is 0.00434. The Morgan fingerprint density at radius 2 is 0.831 bits per heavy atom. The van der Waals surface area contributed by atoms with E-state index < -0.39 is 113 Å². The molecule has 31 heteroatoms. The maximum absolute atomic E-state index is 14.4. The number of aryl methyl sites for hydroxylation is 1. The van der Waals surface area contributed by atoms with Crippen molar-refractivity contribution in [2.45, 2.75) is 176 Å². The maximum Gasteiger partial charge on any atom is 0.573 e. The molecule has 0 radical (unpaired) electrons. The Morgan fingerprint density at radius 3 is 1.32 bits per heavy atom. The summed E-state index contributed by atoms with van der Waals surface area (Å²) in [6, 6.07) is 66.1. The molecule has 0 saturated carbocycles. The molecule has 0 N–H and O–H groups in total. The Morgan fingerprint density at radius 1 is 0.395 bits per heavy atom. The summed E-state index contributed by atoms with van der Waals surface area (Å²) in [5.41, 5.74) is 6.37. The molecule has 3 heterocycles. The normalized spacial score (nSPS) is 13.3. The van der Waals surface area contributed by atoms with Gasteiger partial charge in [-0.15, -0.1) is 13.2 Å². The first-order chi connectivity index (χ1) is 58.3. The molecule has 0 bridgehead atoms. The van der Waals surface area contributed by atoms with Crippen LogP contribution < -0.4 is 9.47 Å². The van der Waals surface area contributed by atoms with E-state index in [4.69, 9.17) is 4.74 Å². The van der Waals surface area contributed by atoms with Crippen LogP contribution in [0.25, 0.3) is 17.0 Å². The third-order valence-corrected chi connectivity index (χ3v) is 33.5. The Hall–Kier alpha value is -11.3. The second kappa shape index (κ2) is 37.6. The van der Waals surface area contributed by atoms with Crippen molar-refractivity contribution in [3.8, 4) is 11.5 Å². The Bertz CT molecular complexity index is 6980. The van der Waals surface area contributed by atoms with Gasteiger partial charge in [0.2, 0.25) is 59.0 Å². The minimum atomic E-state index is -4.99.